The molecule has 1 saturated heterocycles. The van der Waals surface area contributed by atoms with Gasteiger partial charge in [-0.3, -0.25) is 14.5 Å². The lowest BCUT2D eigenvalue weighted by atomic mass is 10.1. The zero-order valence-corrected chi connectivity index (χ0v) is 15.8. The fraction of sp³-hybridized carbons (Fsp3) is 0.444. The molecular weight excluding hydrogens is 386 g/mol. The summed E-state index contributed by atoms with van der Waals surface area (Å²) < 4.78 is 6.17. The average molecular weight is 408 g/mol. The Labute approximate surface area is 154 Å². The Morgan fingerprint density at radius 2 is 2.12 bits per heavy atom. The van der Waals surface area contributed by atoms with E-state index in [4.69, 9.17) is 4.74 Å². The van der Waals surface area contributed by atoms with Crippen LogP contribution in [0.3, 0.4) is 0 Å². The van der Waals surface area contributed by atoms with Crippen LogP contribution in [0.4, 0.5) is 0 Å². The van der Waals surface area contributed by atoms with Crippen LogP contribution in [0.25, 0.3) is 10.9 Å². The maximum absolute atomic E-state index is 12.4. The Balaban J connectivity index is 1.63. The van der Waals surface area contributed by atoms with E-state index < -0.39 is 0 Å². The molecule has 0 bridgehead atoms. The van der Waals surface area contributed by atoms with E-state index in [-0.39, 0.29) is 23.1 Å². The van der Waals surface area contributed by atoms with Gasteiger partial charge in [-0.05, 0) is 31.5 Å². The van der Waals surface area contributed by atoms with Crippen LogP contribution in [-0.4, -0.2) is 54.7 Å². The van der Waals surface area contributed by atoms with Gasteiger partial charge in [-0.25, -0.2) is 0 Å². The second-order valence-electron chi connectivity index (χ2n) is 6.35. The Bertz CT molecular complexity index is 815. The quantitative estimate of drug-likeness (QED) is 0.795. The first-order valence-electron chi connectivity index (χ1n) is 8.46. The molecule has 1 fully saturated rings. The first kappa shape index (κ1) is 18.1. The predicted octanol–water partition coefficient (Wildman–Crippen LogP) is 2.13. The summed E-state index contributed by atoms with van der Waals surface area (Å²) in [6.07, 6.45) is 0.858. The van der Waals surface area contributed by atoms with Crippen LogP contribution in [0.15, 0.2) is 33.5 Å². The van der Waals surface area contributed by atoms with Crippen LogP contribution in [0.2, 0.25) is 0 Å². The molecule has 25 heavy (non-hydrogen) atoms. The van der Waals surface area contributed by atoms with Crippen molar-refractivity contribution in [3.05, 3.63) is 44.7 Å². The lowest BCUT2D eigenvalue weighted by Crippen LogP contribution is -2.40. The van der Waals surface area contributed by atoms with Gasteiger partial charge in [0.15, 0.2) is 5.43 Å². The smallest absolute Gasteiger partial charge is 0.268 e. The molecule has 2 N–H and O–H groups in total. The number of benzene rings is 1. The molecule has 1 aliphatic heterocycles. The zero-order valence-electron chi connectivity index (χ0n) is 14.2. The van der Waals surface area contributed by atoms with Crippen LogP contribution in [-0.2, 0) is 4.74 Å². The van der Waals surface area contributed by atoms with Crippen LogP contribution in [0, 0.1) is 0 Å². The van der Waals surface area contributed by atoms with Crippen molar-refractivity contribution in [3.8, 4) is 0 Å². The van der Waals surface area contributed by atoms with E-state index in [9.17, 15) is 9.59 Å². The van der Waals surface area contributed by atoms with E-state index in [2.05, 4.69) is 31.1 Å². The molecule has 1 aromatic carbocycles. The number of hydrogen-bond donors (Lipinski definition) is 2. The van der Waals surface area contributed by atoms with E-state index >= 15 is 0 Å². The molecule has 1 unspecified atom stereocenters. The second-order valence-corrected chi connectivity index (χ2v) is 7.27. The second kappa shape index (κ2) is 8.12. The van der Waals surface area contributed by atoms with Gasteiger partial charge in [0.2, 0.25) is 0 Å². The van der Waals surface area contributed by atoms with Gasteiger partial charge in [-0.1, -0.05) is 15.9 Å². The van der Waals surface area contributed by atoms with Crippen LogP contribution < -0.4 is 10.7 Å². The summed E-state index contributed by atoms with van der Waals surface area (Å²) in [7, 11) is 0. The minimum atomic E-state index is -0.253. The van der Waals surface area contributed by atoms with Gasteiger partial charge >= 0.3 is 0 Å². The van der Waals surface area contributed by atoms with Gasteiger partial charge < -0.3 is 15.0 Å². The molecule has 1 amide bonds. The number of ether oxygens (including phenoxy) is 1. The number of rotatable bonds is 5. The number of hydrogen-bond acceptors (Lipinski definition) is 4. The summed E-state index contributed by atoms with van der Waals surface area (Å²) in [4.78, 5) is 30.1. The lowest BCUT2D eigenvalue weighted by molar-refractivity contribution is 0.0363. The van der Waals surface area contributed by atoms with Crippen LogP contribution >= 0.6 is 15.9 Å². The first-order chi connectivity index (χ1) is 12.0. The molecule has 3 rings (SSSR count). The Morgan fingerprint density at radius 3 is 2.88 bits per heavy atom. The molecule has 2 heterocycles. The van der Waals surface area contributed by atoms with Gasteiger partial charge in [-0.2, -0.15) is 0 Å². The molecule has 1 aromatic heterocycles. The fourth-order valence-corrected chi connectivity index (χ4v) is 3.28. The van der Waals surface area contributed by atoms with Crippen molar-refractivity contribution in [2.24, 2.45) is 0 Å². The van der Waals surface area contributed by atoms with Gasteiger partial charge in [0, 0.05) is 47.1 Å². The number of H-pyrrole nitrogens is 1. The topological polar surface area (TPSA) is 74.4 Å². The summed E-state index contributed by atoms with van der Waals surface area (Å²) in [6, 6.07) is 6.77. The normalized spacial score (nSPS) is 16.7. The highest BCUT2D eigenvalue weighted by atomic mass is 79.9. The van der Waals surface area contributed by atoms with Crippen molar-refractivity contribution in [1.29, 1.82) is 0 Å². The molecular formula is C18H22BrN3O3. The third kappa shape index (κ3) is 4.68. The molecule has 2 aromatic rings. The maximum atomic E-state index is 12.4. The zero-order chi connectivity index (χ0) is 17.8. The number of morpholine rings is 1. The van der Waals surface area contributed by atoms with E-state index in [1.54, 1.807) is 12.1 Å². The van der Waals surface area contributed by atoms with Crippen molar-refractivity contribution in [2.45, 2.75) is 19.4 Å². The van der Waals surface area contributed by atoms with E-state index in [1.165, 1.54) is 6.07 Å². The number of aromatic nitrogens is 1. The predicted molar refractivity (Wildman–Crippen MR) is 101 cm³/mol. The number of fused-ring (bicyclic) bond motifs is 1. The third-order valence-corrected chi connectivity index (χ3v) is 4.89. The summed E-state index contributed by atoms with van der Waals surface area (Å²) >= 11 is 3.35. The highest BCUT2D eigenvalue weighted by Crippen LogP contribution is 2.15. The Hall–Kier alpha value is -1.70. The Morgan fingerprint density at radius 1 is 1.36 bits per heavy atom. The standard InChI is InChI=1S/C18H22BrN3O3/c1-12(4-5-22-6-8-25-9-7-22)20-18(24)16-11-17(23)14-10-13(19)2-3-15(14)21-16/h2-3,10-12H,4-9H2,1H3,(H,20,24)(H,21,23). The Kier molecular flexibility index (Phi) is 5.88. The van der Waals surface area contributed by atoms with Crippen molar-refractivity contribution in [1.82, 2.24) is 15.2 Å². The monoisotopic (exact) mass is 407 g/mol. The minimum absolute atomic E-state index is 0.0273. The number of halogens is 1. The van der Waals surface area contributed by atoms with Crippen LogP contribution in [0.1, 0.15) is 23.8 Å². The molecule has 0 spiro atoms. The van der Waals surface area contributed by atoms with E-state index in [0.717, 1.165) is 43.7 Å². The molecule has 0 saturated carbocycles. The number of carbonyl (C=O) groups excluding carboxylic acids is 1. The van der Waals surface area contributed by atoms with Crippen molar-refractivity contribution in [3.63, 3.8) is 0 Å². The molecule has 6 nitrogen and oxygen atoms in total. The molecule has 134 valence electrons. The summed E-state index contributed by atoms with van der Waals surface area (Å²) in [5.74, 6) is -0.253. The number of aromatic amines is 1. The highest BCUT2D eigenvalue weighted by Gasteiger charge is 2.15. The third-order valence-electron chi connectivity index (χ3n) is 4.40. The van der Waals surface area contributed by atoms with E-state index in [0.29, 0.717) is 10.9 Å². The van der Waals surface area contributed by atoms with Gasteiger partial charge in [-0.15, -0.1) is 0 Å². The first-order valence-corrected chi connectivity index (χ1v) is 9.26. The van der Waals surface area contributed by atoms with Crippen molar-refractivity contribution < 1.29 is 9.53 Å². The minimum Gasteiger partial charge on any atom is -0.379 e. The largest absolute Gasteiger partial charge is 0.379 e. The van der Waals surface area contributed by atoms with Gasteiger partial charge in [0.05, 0.1) is 13.2 Å². The van der Waals surface area contributed by atoms with Gasteiger partial charge in [0.25, 0.3) is 5.91 Å². The summed E-state index contributed by atoms with van der Waals surface area (Å²) in [5.41, 5.74) is 0.779. The summed E-state index contributed by atoms with van der Waals surface area (Å²) in [6.45, 7) is 6.33. The number of nitrogens with one attached hydrogen (secondary N) is 2. The molecule has 7 heteroatoms. The van der Waals surface area contributed by atoms with E-state index in [1.807, 2.05) is 13.0 Å². The fourth-order valence-electron chi connectivity index (χ4n) is 2.92. The highest BCUT2D eigenvalue weighted by molar-refractivity contribution is 9.10. The maximum Gasteiger partial charge on any atom is 0.268 e. The molecule has 0 aliphatic carbocycles. The number of amides is 1. The van der Waals surface area contributed by atoms with Crippen molar-refractivity contribution in [2.75, 3.05) is 32.8 Å². The summed E-state index contributed by atoms with van der Waals surface area (Å²) in [5, 5.41) is 3.52. The number of pyridine rings is 1. The SMILES string of the molecule is CC(CCN1CCOCC1)NC(=O)c1cc(=O)c2cc(Br)ccc2[nH]1. The molecule has 1 aliphatic rings. The molecule has 1 atom stereocenters. The number of carbonyl (C=O) groups is 1. The number of nitrogens with zero attached hydrogens (tertiary/aromatic N) is 1. The average Bonchev–Trinajstić information content (AvgIpc) is 2.61. The lowest BCUT2D eigenvalue weighted by Gasteiger charge is -2.27. The van der Waals surface area contributed by atoms with Gasteiger partial charge in [0.1, 0.15) is 5.69 Å². The molecule has 0 radical (unpaired) electrons. The van der Waals surface area contributed by atoms with Crippen molar-refractivity contribution >= 4 is 32.7 Å². The van der Waals surface area contributed by atoms with Crippen LogP contribution in [0.5, 0.6) is 0 Å².